The first-order valence-electron chi connectivity index (χ1n) is 7.81. The highest BCUT2D eigenvalue weighted by Gasteiger charge is 2.18. The number of pyridine rings is 1. The molecule has 1 fully saturated rings. The first kappa shape index (κ1) is 15.8. The van der Waals surface area contributed by atoms with E-state index in [4.69, 9.17) is 0 Å². The molecule has 2 rings (SSSR count). The molecule has 1 aromatic rings. The summed E-state index contributed by atoms with van der Waals surface area (Å²) in [6.07, 6.45) is 6.68. The number of rotatable bonds is 5. The van der Waals surface area contributed by atoms with Gasteiger partial charge in [0, 0.05) is 32.4 Å². The zero-order valence-electron chi connectivity index (χ0n) is 13.1. The molecule has 5 nitrogen and oxygen atoms in total. The van der Waals surface area contributed by atoms with E-state index in [0.29, 0.717) is 12.1 Å². The molecular weight excluding hydrogens is 264 g/mol. The molecule has 5 heteroatoms. The van der Waals surface area contributed by atoms with Crippen LogP contribution in [0.1, 0.15) is 36.0 Å². The van der Waals surface area contributed by atoms with Crippen LogP contribution in [0.4, 0.5) is 5.82 Å². The van der Waals surface area contributed by atoms with Crippen LogP contribution in [0.5, 0.6) is 0 Å². The summed E-state index contributed by atoms with van der Waals surface area (Å²) in [4.78, 5) is 21.2. The number of carbonyl (C=O) groups excluding carboxylic acids is 1. The van der Waals surface area contributed by atoms with Gasteiger partial charge in [0.2, 0.25) is 0 Å². The molecule has 1 saturated heterocycles. The Kier molecular flexibility index (Phi) is 5.99. The average Bonchev–Trinajstić information content (AvgIpc) is 2.75. The molecule has 1 amide bonds. The third-order valence-corrected chi connectivity index (χ3v) is 3.78. The molecule has 0 saturated carbocycles. The summed E-state index contributed by atoms with van der Waals surface area (Å²) < 4.78 is 0. The van der Waals surface area contributed by atoms with Gasteiger partial charge in [-0.1, -0.05) is 12.8 Å². The minimum absolute atomic E-state index is 0.0239. The number of amides is 1. The van der Waals surface area contributed by atoms with Crippen molar-refractivity contribution < 1.29 is 4.79 Å². The summed E-state index contributed by atoms with van der Waals surface area (Å²) in [5, 5.41) is 2.98. The number of nitrogens with one attached hydrogen (secondary N) is 1. The van der Waals surface area contributed by atoms with Crippen molar-refractivity contribution >= 4 is 11.7 Å². The topological polar surface area (TPSA) is 48.5 Å². The van der Waals surface area contributed by atoms with Crippen LogP contribution in [0, 0.1) is 0 Å². The van der Waals surface area contributed by atoms with Crippen molar-refractivity contribution in [3.05, 3.63) is 23.9 Å². The molecule has 1 aliphatic heterocycles. The summed E-state index contributed by atoms with van der Waals surface area (Å²) >= 11 is 0. The molecule has 1 aromatic heterocycles. The van der Waals surface area contributed by atoms with Gasteiger partial charge in [0.25, 0.3) is 5.91 Å². The maximum Gasteiger partial charge on any atom is 0.255 e. The van der Waals surface area contributed by atoms with Crippen LogP contribution in [-0.4, -0.2) is 56.1 Å². The normalized spacial score (nSPS) is 15.9. The van der Waals surface area contributed by atoms with E-state index in [2.05, 4.69) is 20.1 Å². The third-order valence-electron chi connectivity index (χ3n) is 3.78. The molecule has 0 spiro atoms. The van der Waals surface area contributed by atoms with Crippen LogP contribution in [0.2, 0.25) is 0 Å². The molecule has 1 aliphatic rings. The molecule has 1 N–H and O–H groups in total. The maximum absolute atomic E-state index is 12.4. The van der Waals surface area contributed by atoms with E-state index < -0.39 is 0 Å². The molecular formula is C16H26N4O. The Labute approximate surface area is 127 Å². The molecule has 0 bridgehead atoms. The lowest BCUT2D eigenvalue weighted by Gasteiger charge is -2.23. The summed E-state index contributed by atoms with van der Waals surface area (Å²) in [5.74, 6) is 0.811. The number of nitrogens with zero attached hydrogens (tertiary/aromatic N) is 3. The maximum atomic E-state index is 12.4. The van der Waals surface area contributed by atoms with Crippen LogP contribution >= 0.6 is 0 Å². The van der Waals surface area contributed by atoms with E-state index in [1.165, 1.54) is 25.7 Å². The van der Waals surface area contributed by atoms with E-state index in [-0.39, 0.29) is 5.91 Å². The Hall–Kier alpha value is -1.62. The second kappa shape index (κ2) is 7.98. The van der Waals surface area contributed by atoms with Crippen molar-refractivity contribution in [2.45, 2.75) is 25.7 Å². The van der Waals surface area contributed by atoms with Gasteiger partial charge in [0.05, 0.1) is 5.56 Å². The van der Waals surface area contributed by atoms with Crippen molar-refractivity contribution in [3.63, 3.8) is 0 Å². The molecule has 21 heavy (non-hydrogen) atoms. The monoisotopic (exact) mass is 290 g/mol. The number of hydrogen-bond acceptors (Lipinski definition) is 4. The lowest BCUT2D eigenvalue weighted by molar-refractivity contribution is 0.0951. The summed E-state index contributed by atoms with van der Waals surface area (Å²) in [7, 11) is 4.00. The third kappa shape index (κ3) is 4.70. The van der Waals surface area contributed by atoms with Crippen molar-refractivity contribution in [2.24, 2.45) is 0 Å². The van der Waals surface area contributed by atoms with Gasteiger partial charge in [-0.15, -0.1) is 0 Å². The molecule has 0 unspecified atom stereocenters. The van der Waals surface area contributed by atoms with Crippen LogP contribution < -0.4 is 10.2 Å². The van der Waals surface area contributed by atoms with Gasteiger partial charge in [-0.3, -0.25) is 4.79 Å². The molecule has 116 valence electrons. The summed E-state index contributed by atoms with van der Waals surface area (Å²) in [6.45, 7) is 3.48. The fourth-order valence-corrected chi connectivity index (χ4v) is 2.60. The predicted octanol–water partition coefficient (Wildman–Crippen LogP) is 1.75. The van der Waals surface area contributed by atoms with E-state index in [1.54, 1.807) is 6.20 Å². The number of likely N-dealkylation sites (N-methyl/N-ethyl adjacent to an activating group) is 1. The van der Waals surface area contributed by atoms with Crippen LogP contribution in [0.3, 0.4) is 0 Å². The van der Waals surface area contributed by atoms with Crippen molar-refractivity contribution in [3.8, 4) is 0 Å². The molecule has 2 heterocycles. The second-order valence-electron chi connectivity index (χ2n) is 5.84. The van der Waals surface area contributed by atoms with Gasteiger partial charge in [-0.05, 0) is 39.1 Å². The van der Waals surface area contributed by atoms with Crippen LogP contribution in [0.25, 0.3) is 0 Å². The Morgan fingerprint density at radius 3 is 2.67 bits per heavy atom. The molecule has 0 aromatic carbocycles. The quantitative estimate of drug-likeness (QED) is 0.897. The van der Waals surface area contributed by atoms with Crippen molar-refractivity contribution in [2.75, 3.05) is 45.2 Å². The van der Waals surface area contributed by atoms with Crippen molar-refractivity contribution in [1.29, 1.82) is 0 Å². The molecule has 0 aliphatic carbocycles. The minimum Gasteiger partial charge on any atom is -0.356 e. The van der Waals surface area contributed by atoms with E-state index in [1.807, 2.05) is 26.2 Å². The second-order valence-corrected chi connectivity index (χ2v) is 5.84. The van der Waals surface area contributed by atoms with E-state index in [0.717, 1.165) is 25.5 Å². The molecule has 0 atom stereocenters. The zero-order chi connectivity index (χ0) is 15.1. The highest BCUT2D eigenvalue weighted by atomic mass is 16.1. The Balaban J connectivity index is 2.06. The van der Waals surface area contributed by atoms with E-state index in [9.17, 15) is 4.79 Å². The largest absolute Gasteiger partial charge is 0.356 e. The molecule has 0 radical (unpaired) electrons. The number of hydrogen-bond donors (Lipinski definition) is 1. The van der Waals surface area contributed by atoms with Crippen LogP contribution in [0.15, 0.2) is 18.3 Å². The van der Waals surface area contributed by atoms with E-state index >= 15 is 0 Å². The summed E-state index contributed by atoms with van der Waals surface area (Å²) in [6, 6.07) is 3.71. The fourth-order valence-electron chi connectivity index (χ4n) is 2.60. The summed E-state index contributed by atoms with van der Waals surface area (Å²) in [5.41, 5.74) is 0.693. The number of carbonyl (C=O) groups is 1. The lowest BCUT2D eigenvalue weighted by Crippen LogP contribution is -2.33. The highest BCUT2D eigenvalue weighted by molar-refractivity contribution is 5.98. The van der Waals surface area contributed by atoms with Gasteiger partial charge in [-0.2, -0.15) is 0 Å². The lowest BCUT2D eigenvalue weighted by atomic mass is 10.2. The van der Waals surface area contributed by atoms with Gasteiger partial charge in [0.1, 0.15) is 5.82 Å². The van der Waals surface area contributed by atoms with Gasteiger partial charge < -0.3 is 15.1 Å². The predicted molar refractivity (Wildman–Crippen MR) is 85.8 cm³/mol. The minimum atomic E-state index is -0.0239. The van der Waals surface area contributed by atoms with Gasteiger partial charge >= 0.3 is 0 Å². The Morgan fingerprint density at radius 2 is 2.00 bits per heavy atom. The Morgan fingerprint density at radius 1 is 1.29 bits per heavy atom. The fraction of sp³-hybridized carbons (Fsp3) is 0.625. The number of aromatic nitrogens is 1. The van der Waals surface area contributed by atoms with Crippen molar-refractivity contribution in [1.82, 2.24) is 15.2 Å². The SMILES string of the molecule is CN(C)CCNC(=O)c1cccnc1N1CCCCCC1. The van der Waals surface area contributed by atoms with Gasteiger partial charge in [-0.25, -0.2) is 4.98 Å². The zero-order valence-corrected chi connectivity index (χ0v) is 13.1. The first-order chi connectivity index (χ1) is 10.2. The standard InChI is InChI=1S/C16H26N4O/c1-19(2)13-10-18-16(21)14-8-7-9-17-15(14)20-11-5-3-4-6-12-20/h7-9H,3-6,10-13H2,1-2H3,(H,18,21). The van der Waals surface area contributed by atoms with Gasteiger partial charge in [0.15, 0.2) is 0 Å². The average molecular weight is 290 g/mol. The highest BCUT2D eigenvalue weighted by Crippen LogP contribution is 2.21. The first-order valence-corrected chi connectivity index (χ1v) is 7.81. The van der Waals surface area contributed by atoms with Crippen LogP contribution in [-0.2, 0) is 0 Å². The Bertz CT molecular complexity index is 453. The number of anilines is 1. The smallest absolute Gasteiger partial charge is 0.255 e.